The van der Waals surface area contributed by atoms with Crippen molar-refractivity contribution in [3.8, 4) is 11.8 Å². The fraction of sp³-hybridized carbons (Fsp3) is 0.429. The standard InChI is InChI=1S/C21H22N4O4/c1-20-10-21(11-20,12-29-20)16-9-25-8-13(22-19(28-3)18(25)24-16)7-15(26)14-5-4-6-17(23-14)27-2/h4-6,8-9H,7,10-12H2,1-3H3. The highest BCUT2D eigenvalue weighted by Crippen LogP contribution is 2.58. The van der Waals surface area contributed by atoms with Crippen LogP contribution in [0.2, 0.25) is 0 Å². The van der Waals surface area contributed by atoms with Crippen LogP contribution >= 0.6 is 0 Å². The summed E-state index contributed by atoms with van der Waals surface area (Å²) in [5, 5.41) is 0. The Morgan fingerprint density at radius 3 is 2.69 bits per heavy atom. The number of ketones is 1. The lowest BCUT2D eigenvalue weighted by atomic mass is 9.62. The van der Waals surface area contributed by atoms with Gasteiger partial charge in [0.25, 0.3) is 5.88 Å². The van der Waals surface area contributed by atoms with E-state index in [1.165, 1.54) is 7.11 Å². The average molecular weight is 394 g/mol. The van der Waals surface area contributed by atoms with Crippen molar-refractivity contribution in [1.29, 1.82) is 0 Å². The molecule has 2 bridgehead atoms. The molecule has 1 saturated carbocycles. The molecule has 5 heterocycles. The average Bonchev–Trinajstić information content (AvgIpc) is 3.38. The van der Waals surface area contributed by atoms with Gasteiger partial charge < -0.3 is 18.6 Å². The smallest absolute Gasteiger partial charge is 0.258 e. The molecule has 0 N–H and O–H groups in total. The largest absolute Gasteiger partial charge is 0.481 e. The number of aromatic nitrogens is 4. The molecule has 0 atom stereocenters. The minimum atomic E-state index is -0.143. The number of ether oxygens (including phenoxy) is 3. The SMILES string of the molecule is COc1cccc(C(=O)Cc2cn3cc(C45COC(C)(C4)C5)nc3c(OC)n2)n1. The zero-order valence-corrected chi connectivity index (χ0v) is 16.6. The van der Waals surface area contributed by atoms with Gasteiger partial charge in [0, 0.05) is 23.9 Å². The van der Waals surface area contributed by atoms with Gasteiger partial charge in [-0.25, -0.2) is 15.0 Å². The van der Waals surface area contributed by atoms with E-state index in [1.54, 1.807) is 25.3 Å². The number of Topliss-reactive ketones (excluding diaryl/α,β-unsaturated/α-hetero) is 1. The first kappa shape index (κ1) is 18.1. The third-order valence-electron chi connectivity index (χ3n) is 5.88. The zero-order chi connectivity index (χ0) is 20.2. The molecule has 3 aliphatic rings. The van der Waals surface area contributed by atoms with Crippen molar-refractivity contribution in [3.63, 3.8) is 0 Å². The highest BCUT2D eigenvalue weighted by atomic mass is 16.5. The maximum absolute atomic E-state index is 12.7. The second-order valence-corrected chi connectivity index (χ2v) is 8.14. The summed E-state index contributed by atoms with van der Waals surface area (Å²) in [7, 11) is 3.08. The molecule has 8 nitrogen and oxygen atoms in total. The van der Waals surface area contributed by atoms with Crippen molar-refractivity contribution in [2.45, 2.75) is 37.2 Å². The zero-order valence-electron chi connectivity index (χ0n) is 16.6. The number of fused-ring (bicyclic) bond motifs is 2. The quantitative estimate of drug-likeness (QED) is 0.593. The van der Waals surface area contributed by atoms with E-state index < -0.39 is 0 Å². The normalized spacial score (nSPS) is 25.1. The number of pyridine rings is 1. The molecule has 2 saturated heterocycles. The van der Waals surface area contributed by atoms with Crippen LogP contribution in [0.25, 0.3) is 5.65 Å². The third-order valence-corrected chi connectivity index (χ3v) is 5.88. The first-order valence-electron chi connectivity index (χ1n) is 9.55. The molecule has 0 amide bonds. The Labute approximate surface area is 167 Å². The van der Waals surface area contributed by atoms with Crippen molar-refractivity contribution >= 4 is 11.4 Å². The van der Waals surface area contributed by atoms with Crippen LogP contribution in [-0.4, -0.2) is 51.6 Å². The summed E-state index contributed by atoms with van der Waals surface area (Å²) >= 11 is 0. The molecule has 29 heavy (non-hydrogen) atoms. The lowest BCUT2D eigenvalue weighted by Gasteiger charge is -2.41. The van der Waals surface area contributed by atoms with Gasteiger partial charge in [-0.3, -0.25) is 4.79 Å². The summed E-state index contributed by atoms with van der Waals surface area (Å²) < 4.78 is 18.4. The van der Waals surface area contributed by atoms with Gasteiger partial charge in [-0.05, 0) is 25.8 Å². The van der Waals surface area contributed by atoms with Crippen molar-refractivity contribution in [3.05, 3.63) is 47.7 Å². The number of nitrogens with zero attached hydrogens (tertiary/aromatic N) is 4. The summed E-state index contributed by atoms with van der Waals surface area (Å²) in [6.07, 6.45) is 5.90. The second kappa shape index (κ2) is 6.25. The van der Waals surface area contributed by atoms with Gasteiger partial charge in [0.1, 0.15) is 5.69 Å². The van der Waals surface area contributed by atoms with Crippen LogP contribution in [0.5, 0.6) is 11.8 Å². The second-order valence-electron chi connectivity index (χ2n) is 8.14. The Bertz CT molecular complexity index is 1120. The molecule has 2 aliphatic heterocycles. The number of carbonyl (C=O) groups excluding carboxylic acids is 1. The van der Waals surface area contributed by atoms with Crippen molar-refractivity contribution in [2.24, 2.45) is 0 Å². The molecule has 0 aromatic carbocycles. The van der Waals surface area contributed by atoms with Crippen LogP contribution in [0.4, 0.5) is 0 Å². The van der Waals surface area contributed by atoms with Crippen LogP contribution in [0.1, 0.15) is 41.6 Å². The van der Waals surface area contributed by atoms with Gasteiger partial charge in [0.05, 0.1) is 44.2 Å². The molecule has 0 spiro atoms. The van der Waals surface area contributed by atoms with Gasteiger partial charge in [0.15, 0.2) is 5.78 Å². The number of rotatable bonds is 6. The lowest BCUT2D eigenvalue weighted by Crippen LogP contribution is -2.45. The predicted octanol–water partition coefficient (Wildman–Crippen LogP) is 2.39. The number of carbonyl (C=O) groups is 1. The molecular formula is C21H22N4O4. The minimum absolute atomic E-state index is 0.0144. The van der Waals surface area contributed by atoms with Crippen LogP contribution < -0.4 is 9.47 Å². The Kier molecular flexibility index (Phi) is 3.89. The van der Waals surface area contributed by atoms with E-state index in [1.807, 2.05) is 16.8 Å². The summed E-state index contributed by atoms with van der Waals surface area (Å²) in [5.41, 5.74) is 2.53. The topological polar surface area (TPSA) is 87.8 Å². The van der Waals surface area contributed by atoms with Crippen LogP contribution in [-0.2, 0) is 16.6 Å². The molecule has 1 aliphatic carbocycles. The van der Waals surface area contributed by atoms with Gasteiger partial charge in [-0.2, -0.15) is 0 Å². The van der Waals surface area contributed by atoms with Gasteiger partial charge in [0.2, 0.25) is 11.5 Å². The third kappa shape index (κ3) is 2.86. The van der Waals surface area contributed by atoms with Crippen LogP contribution in [0.15, 0.2) is 30.6 Å². The Hall–Kier alpha value is -3.00. The Morgan fingerprint density at radius 1 is 1.17 bits per heavy atom. The molecule has 3 fully saturated rings. The van der Waals surface area contributed by atoms with E-state index in [4.69, 9.17) is 19.2 Å². The maximum atomic E-state index is 12.7. The first-order chi connectivity index (χ1) is 13.9. The van der Waals surface area contributed by atoms with Crippen molar-refractivity contribution < 1.29 is 19.0 Å². The Balaban J connectivity index is 1.46. The molecule has 8 heteroatoms. The predicted molar refractivity (Wildman–Crippen MR) is 104 cm³/mol. The summed E-state index contributed by atoms with van der Waals surface area (Å²) in [5.74, 6) is 0.662. The van der Waals surface area contributed by atoms with E-state index in [0.29, 0.717) is 35.4 Å². The van der Waals surface area contributed by atoms with Crippen molar-refractivity contribution in [1.82, 2.24) is 19.4 Å². The molecule has 0 unspecified atom stereocenters. The minimum Gasteiger partial charge on any atom is -0.481 e. The molecule has 0 radical (unpaired) electrons. The fourth-order valence-electron chi connectivity index (χ4n) is 4.59. The number of hydrogen-bond donors (Lipinski definition) is 0. The van der Waals surface area contributed by atoms with E-state index in [-0.39, 0.29) is 23.2 Å². The first-order valence-corrected chi connectivity index (χ1v) is 9.55. The molecule has 3 aromatic rings. The molecule has 6 rings (SSSR count). The summed E-state index contributed by atoms with van der Waals surface area (Å²) in [4.78, 5) is 26.2. The van der Waals surface area contributed by atoms with Crippen LogP contribution in [0.3, 0.4) is 0 Å². The summed E-state index contributed by atoms with van der Waals surface area (Å²) in [6, 6.07) is 5.12. The highest BCUT2D eigenvalue weighted by molar-refractivity contribution is 5.95. The summed E-state index contributed by atoms with van der Waals surface area (Å²) in [6.45, 7) is 2.84. The lowest BCUT2D eigenvalue weighted by molar-refractivity contribution is 0.0154. The molecule has 3 aromatic heterocycles. The number of imidazole rings is 1. The molecule has 150 valence electrons. The monoisotopic (exact) mass is 394 g/mol. The van der Waals surface area contributed by atoms with Gasteiger partial charge in [-0.1, -0.05) is 6.07 Å². The van der Waals surface area contributed by atoms with E-state index in [2.05, 4.69) is 16.9 Å². The number of methoxy groups -OCH3 is 2. The van der Waals surface area contributed by atoms with Crippen LogP contribution in [0, 0.1) is 0 Å². The maximum Gasteiger partial charge on any atom is 0.258 e. The Morgan fingerprint density at radius 2 is 2.00 bits per heavy atom. The van der Waals surface area contributed by atoms with E-state index >= 15 is 0 Å². The van der Waals surface area contributed by atoms with Crippen molar-refractivity contribution in [2.75, 3.05) is 20.8 Å². The van der Waals surface area contributed by atoms with E-state index in [9.17, 15) is 4.79 Å². The number of hydrogen-bond acceptors (Lipinski definition) is 7. The van der Waals surface area contributed by atoms with Gasteiger partial charge in [-0.15, -0.1) is 0 Å². The fourth-order valence-corrected chi connectivity index (χ4v) is 4.59. The van der Waals surface area contributed by atoms with E-state index in [0.717, 1.165) is 18.5 Å². The highest BCUT2D eigenvalue weighted by Gasteiger charge is 2.61. The van der Waals surface area contributed by atoms with Gasteiger partial charge >= 0.3 is 0 Å². The molecular weight excluding hydrogens is 372 g/mol.